The third kappa shape index (κ3) is 5.10. The first-order valence-electron chi connectivity index (χ1n) is 11.8. The molecule has 3 aromatic carbocycles. The number of ether oxygens (including phenoxy) is 1. The average Bonchev–Trinajstić information content (AvgIpc) is 3.41. The van der Waals surface area contributed by atoms with E-state index in [2.05, 4.69) is 5.32 Å². The van der Waals surface area contributed by atoms with Crippen molar-refractivity contribution in [1.29, 1.82) is 0 Å². The van der Waals surface area contributed by atoms with E-state index in [0.29, 0.717) is 38.8 Å². The number of fused-ring (bicyclic) bond motifs is 1. The predicted octanol–water partition coefficient (Wildman–Crippen LogP) is 5.36. The van der Waals surface area contributed by atoms with Crippen LogP contribution >= 0.6 is 11.8 Å². The topological polar surface area (TPSA) is 73.2 Å². The Kier molecular flexibility index (Phi) is 6.86. The van der Waals surface area contributed by atoms with Gasteiger partial charge in [-0.1, -0.05) is 61.0 Å². The summed E-state index contributed by atoms with van der Waals surface area (Å²) >= 11 is 1.49. The van der Waals surface area contributed by atoms with Crippen LogP contribution in [0.2, 0.25) is 0 Å². The van der Waals surface area contributed by atoms with E-state index in [1.54, 1.807) is 29.9 Å². The zero-order valence-corrected chi connectivity index (χ0v) is 20.4. The van der Waals surface area contributed by atoms with E-state index in [-0.39, 0.29) is 17.5 Å². The van der Waals surface area contributed by atoms with E-state index in [0.717, 1.165) is 31.2 Å². The van der Waals surface area contributed by atoms with Crippen molar-refractivity contribution in [3.05, 3.63) is 94.3 Å². The monoisotopic (exact) mass is 485 g/mol. The number of hydrogen-bond donors (Lipinski definition) is 1. The molecular weight excluding hydrogens is 458 g/mol. The minimum absolute atomic E-state index is 0.115. The number of nitrogens with zero attached hydrogens (tertiary/aromatic N) is 2. The molecule has 1 aromatic heterocycles. The number of thioether (sulfide) groups is 1. The van der Waals surface area contributed by atoms with Crippen LogP contribution in [0.1, 0.15) is 41.6 Å². The second-order valence-electron chi connectivity index (χ2n) is 8.70. The first-order chi connectivity index (χ1) is 17.1. The minimum atomic E-state index is -0.179. The molecule has 1 heterocycles. The molecule has 7 heteroatoms. The lowest BCUT2D eigenvalue weighted by molar-refractivity contribution is 0.0938. The van der Waals surface area contributed by atoms with E-state index in [1.165, 1.54) is 11.8 Å². The average molecular weight is 486 g/mol. The Morgan fingerprint density at radius 2 is 1.86 bits per heavy atom. The Hall–Kier alpha value is -3.58. The summed E-state index contributed by atoms with van der Waals surface area (Å²) in [6.07, 6.45) is 4.33. The van der Waals surface area contributed by atoms with Crippen LogP contribution in [-0.2, 0) is 5.75 Å². The predicted molar refractivity (Wildman–Crippen MR) is 140 cm³/mol. The van der Waals surface area contributed by atoms with Crippen LogP contribution in [0.5, 0.6) is 5.75 Å². The van der Waals surface area contributed by atoms with Crippen molar-refractivity contribution < 1.29 is 9.53 Å². The summed E-state index contributed by atoms with van der Waals surface area (Å²) in [5, 5.41) is 4.15. The van der Waals surface area contributed by atoms with Crippen LogP contribution < -0.4 is 15.6 Å². The largest absolute Gasteiger partial charge is 0.497 e. The smallest absolute Gasteiger partial charge is 0.266 e. The van der Waals surface area contributed by atoms with Crippen molar-refractivity contribution in [2.75, 3.05) is 7.11 Å². The maximum atomic E-state index is 13.7. The van der Waals surface area contributed by atoms with Crippen LogP contribution in [0.4, 0.5) is 0 Å². The number of amides is 1. The summed E-state index contributed by atoms with van der Waals surface area (Å²) in [4.78, 5) is 31.4. The fraction of sp³-hybridized carbons (Fsp3) is 0.250. The van der Waals surface area contributed by atoms with Gasteiger partial charge in [-0.15, -0.1) is 0 Å². The van der Waals surface area contributed by atoms with Crippen molar-refractivity contribution in [3.63, 3.8) is 0 Å². The van der Waals surface area contributed by atoms with Crippen LogP contribution in [0, 0.1) is 0 Å². The molecule has 1 fully saturated rings. The molecule has 5 rings (SSSR count). The van der Waals surface area contributed by atoms with Gasteiger partial charge >= 0.3 is 0 Å². The summed E-state index contributed by atoms with van der Waals surface area (Å²) in [6.45, 7) is 0. The van der Waals surface area contributed by atoms with Gasteiger partial charge in [0, 0.05) is 23.4 Å². The third-order valence-corrected chi connectivity index (χ3v) is 7.32. The minimum Gasteiger partial charge on any atom is -0.497 e. The number of benzene rings is 3. The van der Waals surface area contributed by atoms with Gasteiger partial charge in [-0.25, -0.2) is 4.98 Å². The van der Waals surface area contributed by atoms with E-state index in [1.807, 2.05) is 54.6 Å². The molecule has 178 valence electrons. The van der Waals surface area contributed by atoms with Gasteiger partial charge in [0.15, 0.2) is 5.16 Å². The fourth-order valence-electron chi connectivity index (χ4n) is 4.44. The van der Waals surface area contributed by atoms with Gasteiger partial charge in [-0.2, -0.15) is 0 Å². The Bertz CT molecular complexity index is 1410. The van der Waals surface area contributed by atoms with Crippen molar-refractivity contribution in [3.8, 4) is 11.4 Å². The Balaban J connectivity index is 1.57. The molecule has 0 radical (unpaired) electrons. The van der Waals surface area contributed by atoms with Gasteiger partial charge < -0.3 is 10.1 Å². The van der Waals surface area contributed by atoms with Gasteiger partial charge in [0.2, 0.25) is 0 Å². The molecule has 0 spiro atoms. The standard InChI is InChI=1S/C28H27N3O3S/c1-34-23-13-7-12-22(17-23)31-27(33)24-15-14-20(26(32)29-21-10-5-6-11-21)16-25(24)30-28(31)35-18-19-8-3-2-4-9-19/h2-4,7-9,12-17,21H,5-6,10-11,18H2,1H3,(H,29,32). The van der Waals surface area contributed by atoms with Crippen LogP contribution in [0.15, 0.2) is 82.7 Å². The lowest BCUT2D eigenvalue weighted by Crippen LogP contribution is -2.32. The second kappa shape index (κ2) is 10.4. The van der Waals surface area contributed by atoms with Gasteiger partial charge in [-0.3, -0.25) is 14.2 Å². The number of hydrogen-bond acceptors (Lipinski definition) is 5. The molecule has 1 aliphatic rings. The molecule has 0 bridgehead atoms. The zero-order chi connectivity index (χ0) is 24.2. The maximum absolute atomic E-state index is 13.7. The number of aromatic nitrogens is 2. The molecule has 0 aliphatic heterocycles. The normalized spacial score (nSPS) is 13.7. The van der Waals surface area contributed by atoms with Crippen LogP contribution in [-0.4, -0.2) is 28.6 Å². The summed E-state index contributed by atoms with van der Waals surface area (Å²) in [7, 11) is 1.60. The molecule has 0 unspecified atom stereocenters. The Morgan fingerprint density at radius 1 is 1.06 bits per heavy atom. The highest BCUT2D eigenvalue weighted by molar-refractivity contribution is 7.98. The lowest BCUT2D eigenvalue weighted by atomic mass is 10.1. The first kappa shape index (κ1) is 23.2. The first-order valence-corrected chi connectivity index (χ1v) is 12.8. The molecule has 35 heavy (non-hydrogen) atoms. The molecule has 0 saturated heterocycles. The number of rotatable bonds is 7. The maximum Gasteiger partial charge on any atom is 0.266 e. The molecule has 4 aromatic rings. The van der Waals surface area contributed by atoms with Gasteiger partial charge in [0.05, 0.1) is 23.7 Å². The third-order valence-electron chi connectivity index (χ3n) is 6.31. The highest BCUT2D eigenvalue weighted by atomic mass is 32.2. The number of carbonyl (C=O) groups is 1. The molecule has 6 nitrogen and oxygen atoms in total. The number of nitrogens with one attached hydrogen (secondary N) is 1. The Morgan fingerprint density at radius 3 is 2.63 bits per heavy atom. The van der Waals surface area contributed by atoms with Crippen molar-refractivity contribution >= 4 is 28.6 Å². The summed E-state index contributed by atoms with van der Waals surface area (Å²) in [6, 6.07) is 22.8. The van der Waals surface area contributed by atoms with E-state index < -0.39 is 0 Å². The summed E-state index contributed by atoms with van der Waals surface area (Å²) in [5.74, 6) is 1.20. The van der Waals surface area contributed by atoms with Gasteiger partial charge in [0.25, 0.3) is 11.5 Å². The van der Waals surface area contributed by atoms with Crippen LogP contribution in [0.25, 0.3) is 16.6 Å². The van der Waals surface area contributed by atoms with Crippen molar-refractivity contribution in [1.82, 2.24) is 14.9 Å². The van der Waals surface area contributed by atoms with Crippen LogP contribution in [0.3, 0.4) is 0 Å². The lowest BCUT2D eigenvalue weighted by Gasteiger charge is -2.15. The molecule has 0 atom stereocenters. The second-order valence-corrected chi connectivity index (χ2v) is 9.64. The number of methoxy groups -OCH3 is 1. The van der Waals surface area contributed by atoms with Crippen molar-refractivity contribution in [2.45, 2.75) is 42.6 Å². The Labute approximate surface area is 208 Å². The quantitative estimate of drug-likeness (QED) is 0.282. The fourth-order valence-corrected chi connectivity index (χ4v) is 5.41. The SMILES string of the molecule is COc1cccc(-n2c(SCc3ccccc3)nc3cc(C(=O)NC4CCCC4)ccc3c2=O)c1. The molecule has 1 saturated carbocycles. The van der Waals surface area contributed by atoms with Gasteiger partial charge in [-0.05, 0) is 48.7 Å². The van der Waals surface area contributed by atoms with E-state index in [4.69, 9.17) is 9.72 Å². The van der Waals surface area contributed by atoms with E-state index in [9.17, 15) is 9.59 Å². The van der Waals surface area contributed by atoms with Gasteiger partial charge in [0.1, 0.15) is 5.75 Å². The molecule has 1 amide bonds. The zero-order valence-electron chi connectivity index (χ0n) is 19.6. The molecule has 1 aliphatic carbocycles. The van der Waals surface area contributed by atoms with E-state index >= 15 is 0 Å². The highest BCUT2D eigenvalue weighted by Gasteiger charge is 2.20. The summed E-state index contributed by atoms with van der Waals surface area (Å²) < 4.78 is 7.00. The number of carbonyl (C=O) groups excluding carboxylic acids is 1. The van der Waals surface area contributed by atoms with Crippen molar-refractivity contribution in [2.24, 2.45) is 0 Å². The highest BCUT2D eigenvalue weighted by Crippen LogP contribution is 2.26. The molecule has 1 N–H and O–H groups in total. The molecular formula is C28H27N3O3S. The summed E-state index contributed by atoms with van der Waals surface area (Å²) in [5.41, 5.74) is 2.68.